The molecule has 5 nitrogen and oxygen atoms in total. The summed E-state index contributed by atoms with van der Waals surface area (Å²) in [6, 6.07) is 11.4. The number of amides is 2. The second-order valence-electron chi connectivity index (χ2n) is 5.68. The van der Waals surface area contributed by atoms with Gasteiger partial charge in [0.25, 0.3) is 5.91 Å². The third kappa shape index (κ3) is 3.63. The molecule has 1 heterocycles. The van der Waals surface area contributed by atoms with Gasteiger partial charge in [-0.15, -0.1) is 0 Å². The number of anilines is 2. The van der Waals surface area contributed by atoms with Crippen molar-refractivity contribution in [2.75, 3.05) is 17.2 Å². The van der Waals surface area contributed by atoms with Crippen LogP contribution < -0.4 is 15.4 Å². The first-order valence-electron chi connectivity index (χ1n) is 7.64. The maximum absolute atomic E-state index is 11.4. The number of benzene rings is 2. The van der Waals surface area contributed by atoms with Crippen LogP contribution >= 0.6 is 0 Å². The summed E-state index contributed by atoms with van der Waals surface area (Å²) in [6.45, 7) is 3.54. The number of fused-ring (bicyclic) bond motifs is 1. The van der Waals surface area contributed by atoms with Crippen LogP contribution in [0, 0.1) is 6.92 Å². The summed E-state index contributed by atoms with van der Waals surface area (Å²) in [7, 11) is 0. The maximum atomic E-state index is 11.4. The highest BCUT2D eigenvalue weighted by Gasteiger charge is 2.15. The minimum atomic E-state index is -0.145. The molecule has 1 aliphatic heterocycles. The van der Waals surface area contributed by atoms with E-state index < -0.39 is 0 Å². The Morgan fingerprint density at radius 1 is 1.21 bits per heavy atom. The molecule has 0 radical (unpaired) electrons. The Labute approximate surface area is 140 Å². The van der Waals surface area contributed by atoms with Gasteiger partial charge in [0.2, 0.25) is 5.91 Å². The van der Waals surface area contributed by atoms with E-state index in [1.807, 2.05) is 55.5 Å². The highest BCUT2D eigenvalue weighted by Crippen LogP contribution is 2.29. The van der Waals surface area contributed by atoms with Crippen LogP contribution in [-0.2, 0) is 9.59 Å². The molecule has 0 unspecified atom stereocenters. The third-order valence-corrected chi connectivity index (χ3v) is 3.68. The van der Waals surface area contributed by atoms with Crippen molar-refractivity contribution in [2.24, 2.45) is 0 Å². The van der Waals surface area contributed by atoms with Crippen molar-refractivity contribution in [3.63, 3.8) is 0 Å². The summed E-state index contributed by atoms with van der Waals surface area (Å²) < 4.78 is 5.35. The molecule has 0 saturated carbocycles. The molecule has 5 heteroatoms. The average molecular weight is 322 g/mol. The maximum Gasteiger partial charge on any atom is 0.262 e. The SMILES string of the molecule is CC(=O)Nc1ccc(/C=C/c2ccc3c(c2)NC(=O)CO3)c(C)c1. The number of hydrogen-bond donors (Lipinski definition) is 2. The van der Waals surface area contributed by atoms with Gasteiger partial charge < -0.3 is 15.4 Å². The molecule has 3 rings (SSSR count). The fraction of sp³-hybridized carbons (Fsp3) is 0.158. The summed E-state index contributed by atoms with van der Waals surface area (Å²) in [4.78, 5) is 22.5. The van der Waals surface area contributed by atoms with Gasteiger partial charge in [0.1, 0.15) is 5.75 Å². The van der Waals surface area contributed by atoms with Gasteiger partial charge in [-0.1, -0.05) is 24.3 Å². The highest BCUT2D eigenvalue weighted by atomic mass is 16.5. The fourth-order valence-corrected chi connectivity index (χ4v) is 2.53. The molecule has 2 N–H and O–H groups in total. The zero-order valence-electron chi connectivity index (χ0n) is 13.6. The summed E-state index contributed by atoms with van der Waals surface area (Å²) in [5, 5.41) is 5.57. The van der Waals surface area contributed by atoms with E-state index in [0.717, 1.165) is 22.4 Å². The predicted octanol–water partition coefficient (Wildman–Crippen LogP) is 3.45. The minimum absolute atomic E-state index is 0.0576. The van der Waals surface area contributed by atoms with Gasteiger partial charge in [-0.3, -0.25) is 9.59 Å². The fourth-order valence-electron chi connectivity index (χ4n) is 2.53. The molecule has 2 aromatic carbocycles. The Hall–Kier alpha value is -3.08. The molecule has 2 amide bonds. The van der Waals surface area contributed by atoms with Gasteiger partial charge in [0.15, 0.2) is 6.61 Å². The van der Waals surface area contributed by atoms with Gasteiger partial charge in [-0.2, -0.15) is 0 Å². The van der Waals surface area contributed by atoms with E-state index in [-0.39, 0.29) is 18.4 Å². The van der Waals surface area contributed by atoms with E-state index in [4.69, 9.17) is 4.74 Å². The Morgan fingerprint density at radius 2 is 2.04 bits per heavy atom. The summed E-state index contributed by atoms with van der Waals surface area (Å²) in [6.07, 6.45) is 3.97. The molecule has 0 bridgehead atoms. The van der Waals surface area contributed by atoms with Crippen molar-refractivity contribution in [3.05, 3.63) is 53.1 Å². The number of hydrogen-bond acceptors (Lipinski definition) is 3. The summed E-state index contributed by atoms with van der Waals surface area (Å²) in [5.74, 6) is 0.451. The largest absolute Gasteiger partial charge is 0.482 e. The number of aryl methyl sites for hydroxylation is 1. The zero-order valence-corrected chi connectivity index (χ0v) is 13.6. The van der Waals surface area contributed by atoms with Crippen LogP contribution in [0.15, 0.2) is 36.4 Å². The molecule has 24 heavy (non-hydrogen) atoms. The van der Waals surface area contributed by atoms with Gasteiger partial charge in [0.05, 0.1) is 5.69 Å². The standard InChI is InChI=1S/C19H18N2O3/c1-12-9-16(20-13(2)22)7-6-15(12)5-3-14-4-8-18-17(10-14)21-19(23)11-24-18/h3-10H,11H2,1-2H3,(H,20,22)(H,21,23)/b5-3+. The van der Waals surface area contributed by atoms with Gasteiger partial charge in [-0.25, -0.2) is 0 Å². The monoisotopic (exact) mass is 322 g/mol. The molecule has 0 spiro atoms. The van der Waals surface area contributed by atoms with Crippen LogP contribution in [0.25, 0.3) is 12.2 Å². The smallest absolute Gasteiger partial charge is 0.262 e. The van der Waals surface area contributed by atoms with Gasteiger partial charge >= 0.3 is 0 Å². The first-order chi connectivity index (χ1) is 11.5. The lowest BCUT2D eigenvalue weighted by Crippen LogP contribution is -2.25. The Bertz CT molecular complexity index is 841. The molecule has 122 valence electrons. The minimum Gasteiger partial charge on any atom is -0.482 e. The number of carbonyl (C=O) groups is 2. The predicted molar refractivity (Wildman–Crippen MR) is 95.0 cm³/mol. The molecule has 0 aromatic heterocycles. The van der Waals surface area contributed by atoms with E-state index in [1.165, 1.54) is 6.92 Å². The van der Waals surface area contributed by atoms with Crippen molar-refractivity contribution >= 4 is 35.3 Å². The molecule has 0 fully saturated rings. The average Bonchev–Trinajstić information content (AvgIpc) is 2.53. The summed E-state index contributed by atoms with van der Waals surface area (Å²) >= 11 is 0. The lowest BCUT2D eigenvalue weighted by Gasteiger charge is -2.17. The molecule has 0 saturated heterocycles. The summed E-state index contributed by atoms with van der Waals surface area (Å²) in [5.41, 5.74) is 4.55. The van der Waals surface area contributed by atoms with Gasteiger partial charge in [0, 0.05) is 12.6 Å². The third-order valence-electron chi connectivity index (χ3n) is 3.68. The second kappa shape index (κ2) is 6.58. The van der Waals surface area contributed by atoms with E-state index in [1.54, 1.807) is 0 Å². The Kier molecular flexibility index (Phi) is 4.33. The molecular weight excluding hydrogens is 304 g/mol. The van der Waals surface area contributed by atoms with E-state index in [0.29, 0.717) is 11.4 Å². The number of nitrogens with one attached hydrogen (secondary N) is 2. The van der Waals surface area contributed by atoms with Gasteiger partial charge in [-0.05, 0) is 47.9 Å². The first-order valence-corrected chi connectivity index (χ1v) is 7.64. The number of ether oxygens (including phenoxy) is 1. The van der Waals surface area contributed by atoms with E-state index in [2.05, 4.69) is 10.6 Å². The second-order valence-corrected chi connectivity index (χ2v) is 5.68. The quantitative estimate of drug-likeness (QED) is 0.851. The van der Waals surface area contributed by atoms with Crippen molar-refractivity contribution < 1.29 is 14.3 Å². The van der Waals surface area contributed by atoms with Crippen molar-refractivity contribution in [3.8, 4) is 5.75 Å². The van der Waals surface area contributed by atoms with E-state index in [9.17, 15) is 9.59 Å². The van der Waals surface area contributed by atoms with E-state index >= 15 is 0 Å². The number of rotatable bonds is 3. The van der Waals surface area contributed by atoms with Crippen LogP contribution in [0.1, 0.15) is 23.6 Å². The topological polar surface area (TPSA) is 67.4 Å². The molecule has 1 aliphatic rings. The van der Waals surface area contributed by atoms with Crippen LogP contribution in [0.5, 0.6) is 5.75 Å². The van der Waals surface area contributed by atoms with Crippen molar-refractivity contribution in [2.45, 2.75) is 13.8 Å². The van der Waals surface area contributed by atoms with Crippen molar-refractivity contribution in [1.29, 1.82) is 0 Å². The molecule has 2 aromatic rings. The Balaban J connectivity index is 1.80. The van der Waals surface area contributed by atoms with Crippen LogP contribution in [-0.4, -0.2) is 18.4 Å². The lowest BCUT2D eigenvalue weighted by molar-refractivity contribution is -0.118. The van der Waals surface area contributed by atoms with Crippen molar-refractivity contribution in [1.82, 2.24) is 0 Å². The normalized spacial score (nSPS) is 13.2. The number of carbonyl (C=O) groups excluding carboxylic acids is 2. The molecular formula is C19H18N2O3. The highest BCUT2D eigenvalue weighted by molar-refractivity contribution is 5.96. The van der Waals surface area contributed by atoms with Crippen LogP contribution in [0.3, 0.4) is 0 Å². The molecule has 0 atom stereocenters. The molecule has 0 aliphatic carbocycles. The first kappa shape index (κ1) is 15.8. The lowest BCUT2D eigenvalue weighted by atomic mass is 10.1. The van der Waals surface area contributed by atoms with Crippen LogP contribution in [0.2, 0.25) is 0 Å². The Morgan fingerprint density at radius 3 is 2.79 bits per heavy atom. The zero-order chi connectivity index (χ0) is 17.1. The van der Waals surface area contributed by atoms with Crippen LogP contribution in [0.4, 0.5) is 11.4 Å².